The summed E-state index contributed by atoms with van der Waals surface area (Å²) in [6.07, 6.45) is 5.46. The van der Waals surface area contributed by atoms with Gasteiger partial charge in [-0.25, -0.2) is 9.97 Å². The monoisotopic (exact) mass is 389 g/mol. The zero-order valence-corrected chi connectivity index (χ0v) is 15.3. The van der Waals surface area contributed by atoms with E-state index in [4.69, 9.17) is 27.6 Å². The number of oxazole rings is 1. The summed E-state index contributed by atoms with van der Waals surface area (Å²) in [5.41, 5.74) is 2.59. The average Bonchev–Trinajstić information content (AvgIpc) is 3.23. The summed E-state index contributed by atoms with van der Waals surface area (Å²) in [6, 6.07) is 13.3. The van der Waals surface area contributed by atoms with Crippen LogP contribution in [0.4, 0.5) is 0 Å². The number of aromatic nitrogens is 3. The van der Waals surface area contributed by atoms with E-state index < -0.39 is 0 Å². The highest BCUT2D eigenvalue weighted by Crippen LogP contribution is 2.40. The lowest BCUT2D eigenvalue weighted by atomic mass is 10.1. The molecule has 0 amide bonds. The first-order valence-electron chi connectivity index (χ1n) is 7.62. The zero-order valence-electron chi connectivity index (χ0n) is 13.0. The third-order valence-corrected chi connectivity index (χ3v) is 5.39. The number of hydrogen-bond acceptors (Lipinski definition) is 4. The van der Waals surface area contributed by atoms with Gasteiger partial charge in [-0.3, -0.25) is 0 Å². The smallest absolute Gasteiger partial charge is 0.257 e. The van der Waals surface area contributed by atoms with Gasteiger partial charge in [-0.2, -0.15) is 0 Å². The predicted octanol–water partition coefficient (Wildman–Crippen LogP) is 5.86. The summed E-state index contributed by atoms with van der Waals surface area (Å²) in [5, 5.41) is 1.85. The highest BCUT2D eigenvalue weighted by atomic mass is 35.5. The molecule has 4 aromatic rings. The molecule has 4 nitrogen and oxygen atoms in total. The van der Waals surface area contributed by atoms with Gasteiger partial charge >= 0.3 is 0 Å². The van der Waals surface area contributed by atoms with E-state index in [1.165, 1.54) is 11.8 Å². The van der Waals surface area contributed by atoms with Gasteiger partial charge in [0.1, 0.15) is 5.52 Å². The molecular formula is C18H13Cl2N3OS. The Labute approximate surface area is 158 Å². The lowest BCUT2D eigenvalue weighted by Gasteiger charge is -2.17. The van der Waals surface area contributed by atoms with Crippen LogP contribution in [0.1, 0.15) is 10.8 Å². The number of imidazole rings is 1. The highest BCUT2D eigenvalue weighted by molar-refractivity contribution is 7.99. The fourth-order valence-electron chi connectivity index (χ4n) is 2.57. The maximum atomic E-state index is 6.44. The molecule has 0 saturated carbocycles. The molecule has 0 fully saturated rings. The van der Waals surface area contributed by atoms with Crippen LogP contribution in [0, 0.1) is 0 Å². The SMILES string of the molecule is Clc1ccc(C(Cn2ccnc2)Sc2nc3ccccc3o2)c(Cl)c1. The van der Waals surface area contributed by atoms with Gasteiger partial charge in [0.25, 0.3) is 5.22 Å². The summed E-state index contributed by atoms with van der Waals surface area (Å²) < 4.78 is 7.87. The van der Waals surface area contributed by atoms with Crippen LogP contribution in [0.15, 0.2) is 70.8 Å². The van der Waals surface area contributed by atoms with Crippen molar-refractivity contribution in [1.29, 1.82) is 0 Å². The predicted molar refractivity (Wildman–Crippen MR) is 101 cm³/mol. The van der Waals surface area contributed by atoms with Crippen molar-refractivity contribution < 1.29 is 4.42 Å². The lowest BCUT2D eigenvalue weighted by Crippen LogP contribution is -2.05. The van der Waals surface area contributed by atoms with Crippen molar-refractivity contribution in [3.8, 4) is 0 Å². The van der Waals surface area contributed by atoms with Crippen LogP contribution in [0.2, 0.25) is 10.0 Å². The Bertz CT molecular complexity index is 968. The van der Waals surface area contributed by atoms with Crippen molar-refractivity contribution in [3.63, 3.8) is 0 Å². The third kappa shape index (κ3) is 3.68. The summed E-state index contributed by atoms with van der Waals surface area (Å²) in [6.45, 7) is 0.685. The fourth-order valence-corrected chi connectivity index (χ4v) is 4.29. The second kappa shape index (κ2) is 7.12. The van der Waals surface area contributed by atoms with E-state index in [0.29, 0.717) is 21.8 Å². The average molecular weight is 390 g/mol. The number of nitrogens with zero attached hydrogens (tertiary/aromatic N) is 3. The molecule has 0 radical (unpaired) electrons. The number of hydrogen-bond donors (Lipinski definition) is 0. The van der Waals surface area contributed by atoms with E-state index in [1.807, 2.05) is 47.2 Å². The van der Waals surface area contributed by atoms with Gasteiger partial charge in [0.05, 0.1) is 11.6 Å². The van der Waals surface area contributed by atoms with E-state index >= 15 is 0 Å². The van der Waals surface area contributed by atoms with Crippen LogP contribution in [-0.4, -0.2) is 14.5 Å². The van der Waals surface area contributed by atoms with Crippen LogP contribution in [-0.2, 0) is 6.54 Å². The zero-order chi connectivity index (χ0) is 17.2. The Hall–Kier alpha value is -1.95. The van der Waals surface area contributed by atoms with E-state index in [1.54, 1.807) is 18.6 Å². The standard InChI is InChI=1S/C18H13Cl2N3OS/c19-12-5-6-13(14(20)9-12)17(10-23-8-7-21-11-23)25-18-22-15-3-1-2-4-16(15)24-18/h1-9,11,17H,10H2. The van der Waals surface area contributed by atoms with Crippen molar-refractivity contribution in [2.45, 2.75) is 17.0 Å². The minimum absolute atomic E-state index is 0.00651. The lowest BCUT2D eigenvalue weighted by molar-refractivity contribution is 0.487. The summed E-state index contributed by atoms with van der Waals surface area (Å²) in [5.74, 6) is 0. The number of fused-ring (bicyclic) bond motifs is 1. The maximum Gasteiger partial charge on any atom is 0.257 e. The number of thioether (sulfide) groups is 1. The topological polar surface area (TPSA) is 43.9 Å². The summed E-state index contributed by atoms with van der Waals surface area (Å²) in [4.78, 5) is 8.66. The fraction of sp³-hybridized carbons (Fsp3) is 0.111. The molecule has 2 heterocycles. The second-order valence-corrected chi connectivity index (χ2v) is 7.48. The first-order valence-corrected chi connectivity index (χ1v) is 9.25. The first-order chi connectivity index (χ1) is 12.2. The van der Waals surface area contributed by atoms with E-state index in [2.05, 4.69) is 9.97 Å². The minimum atomic E-state index is 0.00651. The molecule has 0 aliphatic rings. The van der Waals surface area contributed by atoms with Crippen molar-refractivity contribution in [3.05, 3.63) is 76.8 Å². The molecule has 2 aromatic carbocycles. The van der Waals surface area contributed by atoms with Gasteiger partial charge in [0.2, 0.25) is 0 Å². The molecule has 0 aliphatic heterocycles. The van der Waals surface area contributed by atoms with Gasteiger partial charge < -0.3 is 8.98 Å². The highest BCUT2D eigenvalue weighted by Gasteiger charge is 2.20. The quantitative estimate of drug-likeness (QED) is 0.400. The summed E-state index contributed by atoms with van der Waals surface area (Å²) >= 11 is 14.0. The van der Waals surface area contributed by atoms with Crippen molar-refractivity contribution in [2.75, 3.05) is 0 Å². The molecule has 7 heteroatoms. The normalized spacial score (nSPS) is 12.6. The molecule has 0 spiro atoms. The molecule has 2 aromatic heterocycles. The van der Waals surface area contributed by atoms with Gasteiger partial charge in [-0.05, 0) is 29.8 Å². The second-order valence-electron chi connectivity index (χ2n) is 5.48. The molecule has 0 aliphatic carbocycles. The molecule has 0 saturated heterocycles. The molecule has 1 atom stereocenters. The van der Waals surface area contributed by atoms with E-state index in [0.717, 1.165) is 16.7 Å². The molecule has 4 rings (SSSR count). The van der Waals surface area contributed by atoms with Gasteiger partial charge in [0.15, 0.2) is 5.58 Å². The molecular weight excluding hydrogens is 377 g/mol. The van der Waals surface area contributed by atoms with E-state index in [9.17, 15) is 0 Å². The van der Waals surface area contributed by atoms with Crippen LogP contribution in [0.5, 0.6) is 0 Å². The Balaban J connectivity index is 1.69. The maximum absolute atomic E-state index is 6.44. The molecule has 0 N–H and O–H groups in total. The third-order valence-electron chi connectivity index (χ3n) is 3.76. The van der Waals surface area contributed by atoms with Crippen LogP contribution in [0.25, 0.3) is 11.1 Å². The van der Waals surface area contributed by atoms with Crippen molar-refractivity contribution in [2.24, 2.45) is 0 Å². The van der Waals surface area contributed by atoms with Gasteiger partial charge in [-0.1, -0.05) is 53.2 Å². The number of rotatable bonds is 5. The molecule has 0 bridgehead atoms. The van der Waals surface area contributed by atoms with Gasteiger partial charge in [-0.15, -0.1) is 0 Å². The Morgan fingerprint density at radius 3 is 2.80 bits per heavy atom. The largest absolute Gasteiger partial charge is 0.431 e. The van der Waals surface area contributed by atoms with Crippen LogP contribution >= 0.6 is 35.0 Å². The summed E-state index contributed by atoms with van der Waals surface area (Å²) in [7, 11) is 0. The Kier molecular flexibility index (Phi) is 4.70. The molecule has 1 unspecified atom stereocenters. The minimum Gasteiger partial charge on any atom is -0.431 e. The number of benzene rings is 2. The van der Waals surface area contributed by atoms with Gasteiger partial charge in [0, 0.05) is 29.0 Å². The number of para-hydroxylation sites is 2. The first kappa shape index (κ1) is 16.5. The number of halogens is 2. The Morgan fingerprint density at radius 1 is 1.16 bits per heavy atom. The molecule has 25 heavy (non-hydrogen) atoms. The van der Waals surface area contributed by atoms with E-state index in [-0.39, 0.29) is 5.25 Å². The molecule has 126 valence electrons. The van der Waals surface area contributed by atoms with Crippen molar-refractivity contribution >= 4 is 46.1 Å². The van der Waals surface area contributed by atoms with Crippen LogP contribution < -0.4 is 0 Å². The van der Waals surface area contributed by atoms with Crippen molar-refractivity contribution in [1.82, 2.24) is 14.5 Å². The van der Waals surface area contributed by atoms with Crippen LogP contribution in [0.3, 0.4) is 0 Å². The Morgan fingerprint density at radius 2 is 2.04 bits per heavy atom.